The average molecular weight is 325 g/mol. The summed E-state index contributed by atoms with van der Waals surface area (Å²) in [6, 6.07) is 9.58. The Balaban J connectivity index is 1.66. The Morgan fingerprint density at radius 2 is 1.91 bits per heavy atom. The average Bonchev–Trinajstić information content (AvgIpc) is 2.56. The van der Waals surface area contributed by atoms with Crippen molar-refractivity contribution in [3.63, 3.8) is 0 Å². The van der Waals surface area contributed by atoms with Crippen molar-refractivity contribution < 1.29 is 14.3 Å². The number of alkyl halides is 1. The molecule has 6 heteroatoms. The monoisotopic (exact) mass is 324 g/mol. The maximum Gasteiger partial charge on any atom is 0.235 e. The zero-order valence-electron chi connectivity index (χ0n) is 12.5. The summed E-state index contributed by atoms with van der Waals surface area (Å²) in [7, 11) is 0. The first kappa shape index (κ1) is 16.6. The molecule has 0 saturated carbocycles. The van der Waals surface area contributed by atoms with E-state index in [1.165, 1.54) is 0 Å². The molecule has 120 valence electrons. The maximum absolute atomic E-state index is 12.1. The smallest absolute Gasteiger partial charge is 0.235 e. The van der Waals surface area contributed by atoms with E-state index in [1.807, 2.05) is 35.2 Å². The number of carbonyl (C=O) groups excluding carboxylic acids is 2. The first-order valence-corrected chi connectivity index (χ1v) is 8.03. The summed E-state index contributed by atoms with van der Waals surface area (Å²) in [5, 5.41) is 2.86. The molecule has 22 heavy (non-hydrogen) atoms. The molecule has 1 aliphatic heterocycles. The van der Waals surface area contributed by atoms with Gasteiger partial charge in [-0.3, -0.25) is 9.59 Å². The number of ether oxygens (including phenoxy) is 1. The molecule has 1 heterocycles. The van der Waals surface area contributed by atoms with Crippen LogP contribution in [0.25, 0.3) is 0 Å². The lowest BCUT2D eigenvalue weighted by Crippen LogP contribution is -2.47. The van der Waals surface area contributed by atoms with Gasteiger partial charge in [-0.05, 0) is 25.0 Å². The number of rotatable bonds is 6. The van der Waals surface area contributed by atoms with Gasteiger partial charge in [-0.1, -0.05) is 18.2 Å². The summed E-state index contributed by atoms with van der Waals surface area (Å²) in [6.07, 6.45) is 1.91. The Hall–Kier alpha value is -1.75. The van der Waals surface area contributed by atoms with E-state index in [0.29, 0.717) is 26.1 Å². The number of benzene rings is 1. The standard InChI is InChI=1S/C16H21ClN2O3/c17-12-15(20)18-13-6-9-19(10-7-13)16(21)8-11-22-14-4-2-1-3-5-14/h1-5,13H,6-12H2,(H,18,20). The molecule has 1 aromatic carbocycles. The molecule has 1 N–H and O–H groups in total. The number of piperidine rings is 1. The van der Waals surface area contributed by atoms with E-state index in [-0.39, 0.29) is 23.7 Å². The molecule has 5 nitrogen and oxygen atoms in total. The molecule has 0 atom stereocenters. The molecule has 2 rings (SSSR count). The Kier molecular flexibility index (Phi) is 6.52. The zero-order valence-corrected chi connectivity index (χ0v) is 13.2. The predicted octanol–water partition coefficient (Wildman–Crippen LogP) is 1.80. The van der Waals surface area contributed by atoms with E-state index in [4.69, 9.17) is 16.3 Å². The highest BCUT2D eigenvalue weighted by Crippen LogP contribution is 2.13. The second kappa shape index (κ2) is 8.63. The summed E-state index contributed by atoms with van der Waals surface area (Å²) in [4.78, 5) is 25.2. The fraction of sp³-hybridized carbons (Fsp3) is 0.500. The van der Waals surface area contributed by atoms with Gasteiger partial charge in [0, 0.05) is 19.1 Å². The van der Waals surface area contributed by atoms with Crippen molar-refractivity contribution in [3.05, 3.63) is 30.3 Å². The molecule has 0 bridgehead atoms. The molecule has 2 amide bonds. The minimum Gasteiger partial charge on any atom is -0.493 e. The van der Waals surface area contributed by atoms with Crippen molar-refractivity contribution in [2.24, 2.45) is 0 Å². The van der Waals surface area contributed by atoms with Crippen LogP contribution < -0.4 is 10.1 Å². The minimum atomic E-state index is -0.150. The van der Waals surface area contributed by atoms with Crippen LogP contribution in [0.1, 0.15) is 19.3 Å². The fourth-order valence-corrected chi connectivity index (χ4v) is 2.55. The Morgan fingerprint density at radius 3 is 2.55 bits per heavy atom. The highest BCUT2D eigenvalue weighted by atomic mass is 35.5. The van der Waals surface area contributed by atoms with Gasteiger partial charge in [0.25, 0.3) is 0 Å². The van der Waals surface area contributed by atoms with Crippen LogP contribution in [0.4, 0.5) is 0 Å². The van der Waals surface area contributed by atoms with Crippen LogP contribution in [0, 0.1) is 0 Å². The highest BCUT2D eigenvalue weighted by Gasteiger charge is 2.23. The van der Waals surface area contributed by atoms with Crippen LogP contribution in [-0.2, 0) is 9.59 Å². The number of para-hydroxylation sites is 1. The quantitative estimate of drug-likeness (QED) is 0.812. The number of hydrogen-bond donors (Lipinski definition) is 1. The molecule has 1 fully saturated rings. The number of nitrogens with zero attached hydrogens (tertiary/aromatic N) is 1. The van der Waals surface area contributed by atoms with Crippen LogP contribution in [0.5, 0.6) is 5.75 Å². The highest BCUT2D eigenvalue weighted by molar-refractivity contribution is 6.27. The van der Waals surface area contributed by atoms with Gasteiger partial charge in [0.1, 0.15) is 11.6 Å². The van der Waals surface area contributed by atoms with Crippen molar-refractivity contribution in [1.29, 1.82) is 0 Å². The van der Waals surface area contributed by atoms with Crippen molar-refractivity contribution in [1.82, 2.24) is 10.2 Å². The van der Waals surface area contributed by atoms with E-state index < -0.39 is 0 Å². The van der Waals surface area contributed by atoms with Gasteiger partial charge in [0.15, 0.2) is 0 Å². The third-order valence-electron chi connectivity index (χ3n) is 3.66. The number of nitrogens with one attached hydrogen (secondary N) is 1. The van der Waals surface area contributed by atoms with Crippen molar-refractivity contribution in [2.45, 2.75) is 25.3 Å². The number of likely N-dealkylation sites (tertiary alicyclic amines) is 1. The zero-order chi connectivity index (χ0) is 15.8. The number of hydrogen-bond acceptors (Lipinski definition) is 3. The van der Waals surface area contributed by atoms with E-state index in [2.05, 4.69) is 5.32 Å². The van der Waals surface area contributed by atoms with Crippen molar-refractivity contribution in [3.8, 4) is 5.75 Å². The third-order valence-corrected chi connectivity index (χ3v) is 3.90. The van der Waals surface area contributed by atoms with E-state index in [1.54, 1.807) is 0 Å². The lowest BCUT2D eigenvalue weighted by Gasteiger charge is -2.32. The van der Waals surface area contributed by atoms with E-state index in [0.717, 1.165) is 18.6 Å². The normalized spacial score (nSPS) is 15.4. The summed E-state index contributed by atoms with van der Waals surface area (Å²) in [6.45, 7) is 1.71. The summed E-state index contributed by atoms with van der Waals surface area (Å²) >= 11 is 5.47. The largest absolute Gasteiger partial charge is 0.493 e. The van der Waals surface area contributed by atoms with Crippen LogP contribution in [0.2, 0.25) is 0 Å². The Labute approximate surface area is 135 Å². The van der Waals surface area contributed by atoms with Gasteiger partial charge >= 0.3 is 0 Å². The van der Waals surface area contributed by atoms with Crippen molar-refractivity contribution >= 4 is 23.4 Å². The molecule has 0 radical (unpaired) electrons. The van der Waals surface area contributed by atoms with Crippen LogP contribution in [0.3, 0.4) is 0 Å². The molecule has 0 unspecified atom stereocenters. The first-order chi connectivity index (χ1) is 10.7. The third kappa shape index (κ3) is 5.22. The van der Waals surface area contributed by atoms with E-state index in [9.17, 15) is 9.59 Å². The van der Waals surface area contributed by atoms with Gasteiger partial charge in [0.2, 0.25) is 11.8 Å². The van der Waals surface area contributed by atoms with Crippen LogP contribution in [0.15, 0.2) is 30.3 Å². The Morgan fingerprint density at radius 1 is 1.23 bits per heavy atom. The summed E-state index contributed by atoms with van der Waals surface area (Å²) in [5.41, 5.74) is 0. The molecule has 1 aromatic rings. The number of carbonyl (C=O) groups is 2. The lowest BCUT2D eigenvalue weighted by atomic mass is 10.0. The minimum absolute atomic E-state index is 0.0179. The Bertz CT molecular complexity index is 487. The van der Waals surface area contributed by atoms with Crippen molar-refractivity contribution in [2.75, 3.05) is 25.6 Å². The second-order valence-electron chi connectivity index (χ2n) is 5.27. The topological polar surface area (TPSA) is 58.6 Å². The maximum atomic E-state index is 12.1. The molecular formula is C16H21ClN2O3. The molecule has 0 aromatic heterocycles. The molecule has 0 spiro atoms. The molecule has 1 saturated heterocycles. The van der Waals surface area contributed by atoms with Crippen LogP contribution in [-0.4, -0.2) is 48.3 Å². The summed E-state index contributed by atoms with van der Waals surface area (Å²) < 4.78 is 5.54. The van der Waals surface area contributed by atoms with Gasteiger partial charge in [-0.2, -0.15) is 0 Å². The molecule has 1 aliphatic rings. The molecular weight excluding hydrogens is 304 g/mol. The van der Waals surface area contributed by atoms with Crippen LogP contribution >= 0.6 is 11.6 Å². The predicted molar refractivity (Wildman–Crippen MR) is 85.0 cm³/mol. The SMILES string of the molecule is O=C(CCl)NC1CCN(C(=O)CCOc2ccccc2)CC1. The molecule has 0 aliphatic carbocycles. The number of halogens is 1. The fourth-order valence-electron chi connectivity index (χ4n) is 2.47. The van der Waals surface area contributed by atoms with E-state index >= 15 is 0 Å². The van der Waals surface area contributed by atoms with Gasteiger partial charge in [-0.15, -0.1) is 11.6 Å². The second-order valence-corrected chi connectivity index (χ2v) is 5.53. The van der Waals surface area contributed by atoms with Gasteiger partial charge in [0.05, 0.1) is 13.0 Å². The van der Waals surface area contributed by atoms with Gasteiger partial charge < -0.3 is 15.0 Å². The summed E-state index contributed by atoms with van der Waals surface area (Å²) in [5.74, 6) is 0.703. The lowest BCUT2D eigenvalue weighted by molar-refractivity contribution is -0.132. The van der Waals surface area contributed by atoms with Gasteiger partial charge in [-0.25, -0.2) is 0 Å². The number of amides is 2. The first-order valence-electron chi connectivity index (χ1n) is 7.50.